The normalized spacial score (nSPS) is 19.3. The number of likely N-dealkylation sites (tertiary alicyclic amines) is 1. The Bertz CT molecular complexity index is 1360. The lowest BCUT2D eigenvalue weighted by Crippen LogP contribution is -2.61. The van der Waals surface area contributed by atoms with E-state index in [0.717, 1.165) is 38.0 Å². The number of nitrogens with one attached hydrogen (secondary N) is 1. The first kappa shape index (κ1) is 33.3. The summed E-state index contributed by atoms with van der Waals surface area (Å²) in [5.41, 5.74) is 1.90. The molecule has 0 aromatic heterocycles. The van der Waals surface area contributed by atoms with Crippen molar-refractivity contribution in [2.45, 2.75) is 44.2 Å². The van der Waals surface area contributed by atoms with Crippen molar-refractivity contribution in [1.29, 1.82) is 0 Å². The monoisotopic (exact) mass is 669 g/mol. The Morgan fingerprint density at radius 2 is 1.74 bits per heavy atom. The lowest BCUT2D eigenvalue weighted by atomic mass is 9.89. The Kier molecular flexibility index (Phi) is 11.6. The van der Waals surface area contributed by atoms with Crippen molar-refractivity contribution in [3.05, 3.63) is 67.6 Å². The van der Waals surface area contributed by atoms with Crippen molar-refractivity contribution in [3.8, 4) is 0 Å². The highest BCUT2D eigenvalue weighted by Crippen LogP contribution is 2.31. The molecule has 9 nitrogen and oxygen atoms in total. The van der Waals surface area contributed by atoms with Crippen LogP contribution >= 0.6 is 46.4 Å². The van der Waals surface area contributed by atoms with E-state index >= 15 is 0 Å². The van der Waals surface area contributed by atoms with Crippen LogP contribution in [-0.2, 0) is 14.4 Å². The van der Waals surface area contributed by atoms with Gasteiger partial charge in [-0.05, 0) is 68.6 Å². The van der Waals surface area contributed by atoms with Crippen LogP contribution in [-0.4, -0.2) is 97.1 Å². The number of hydrogen-bond donors (Lipinski definition) is 1. The van der Waals surface area contributed by atoms with Crippen LogP contribution in [0.25, 0.3) is 0 Å². The molecule has 0 spiro atoms. The number of nitrogens with zero attached hydrogens (tertiary/aromatic N) is 4. The highest BCUT2D eigenvalue weighted by atomic mass is 35.5. The van der Waals surface area contributed by atoms with Crippen LogP contribution in [0.4, 0.5) is 0 Å². The second-order valence-electron chi connectivity index (χ2n) is 10.9. The van der Waals surface area contributed by atoms with Crippen molar-refractivity contribution in [2.75, 3.05) is 46.9 Å². The minimum atomic E-state index is -0.495. The summed E-state index contributed by atoms with van der Waals surface area (Å²) < 4.78 is 0. The first-order valence-electron chi connectivity index (χ1n) is 14.1. The summed E-state index contributed by atoms with van der Waals surface area (Å²) in [4.78, 5) is 48.9. The van der Waals surface area contributed by atoms with Crippen molar-refractivity contribution >= 4 is 69.8 Å². The molecule has 0 saturated carbocycles. The van der Waals surface area contributed by atoms with E-state index in [9.17, 15) is 14.4 Å². The molecule has 0 radical (unpaired) electrons. The van der Waals surface area contributed by atoms with Crippen LogP contribution in [0.1, 0.15) is 48.0 Å². The highest BCUT2D eigenvalue weighted by Gasteiger charge is 2.36. The van der Waals surface area contributed by atoms with E-state index in [0.29, 0.717) is 37.8 Å². The van der Waals surface area contributed by atoms with Gasteiger partial charge in [-0.2, -0.15) is 0 Å². The molecule has 0 bridgehead atoms. The molecule has 3 amide bonds. The Morgan fingerprint density at radius 1 is 1.07 bits per heavy atom. The molecule has 2 aliphatic rings. The van der Waals surface area contributed by atoms with Crippen LogP contribution < -0.4 is 5.32 Å². The third-order valence-corrected chi connectivity index (χ3v) is 9.06. The zero-order valence-corrected chi connectivity index (χ0v) is 27.3. The summed E-state index contributed by atoms with van der Waals surface area (Å²) in [7, 11) is 3.15. The van der Waals surface area contributed by atoms with E-state index in [2.05, 4.69) is 15.4 Å². The zero-order chi connectivity index (χ0) is 31.3. The summed E-state index contributed by atoms with van der Waals surface area (Å²) in [6.07, 6.45) is 2.22. The molecule has 2 aromatic rings. The fourth-order valence-corrected chi connectivity index (χ4v) is 6.53. The maximum Gasteiger partial charge on any atom is 0.254 e. The third-order valence-electron chi connectivity index (χ3n) is 7.89. The van der Waals surface area contributed by atoms with Gasteiger partial charge in [0.05, 0.1) is 28.8 Å². The molecule has 1 N–H and O–H groups in total. The van der Waals surface area contributed by atoms with Gasteiger partial charge in [0.2, 0.25) is 11.8 Å². The third kappa shape index (κ3) is 8.54. The number of carbonyl (C=O) groups excluding carboxylic acids is 3. The lowest BCUT2D eigenvalue weighted by molar-refractivity contribution is -0.147. The number of carbonyl (C=O) groups is 3. The molecular weight excluding hydrogens is 636 g/mol. The summed E-state index contributed by atoms with van der Waals surface area (Å²) >= 11 is 24.9. The van der Waals surface area contributed by atoms with Gasteiger partial charge in [-0.3, -0.25) is 14.4 Å². The van der Waals surface area contributed by atoms with E-state index in [1.165, 1.54) is 7.11 Å². The predicted octanol–water partition coefficient (Wildman–Crippen LogP) is 5.36. The Morgan fingerprint density at radius 3 is 2.37 bits per heavy atom. The van der Waals surface area contributed by atoms with Crippen molar-refractivity contribution < 1.29 is 19.2 Å². The van der Waals surface area contributed by atoms with Gasteiger partial charge in [0, 0.05) is 47.7 Å². The maximum absolute atomic E-state index is 13.3. The molecule has 13 heteroatoms. The number of halogens is 4. The standard InChI is InChI=1S/C30H35Cl4N5O4/c1-18-29(41)39(17-28(40)35-18)23-6-9-38(10-7-23)11-8-24(19-4-5-25(33)26(34)14-19)27(36-43-3)16-37(2)30(42)20-12-21(31)15-22(32)13-20/h4-5,12-15,18,23-24H,6-11,16-17H2,1-3H3,(H,35,40)/b36-27+/t18-,24-/m1/s1. The average molecular weight is 671 g/mol. The zero-order valence-electron chi connectivity index (χ0n) is 24.3. The van der Waals surface area contributed by atoms with Gasteiger partial charge < -0.3 is 24.9 Å². The van der Waals surface area contributed by atoms with E-state index in [1.54, 1.807) is 48.0 Å². The molecule has 43 heavy (non-hydrogen) atoms. The van der Waals surface area contributed by atoms with Gasteiger partial charge >= 0.3 is 0 Å². The minimum Gasteiger partial charge on any atom is -0.399 e. The number of piperazine rings is 1. The molecule has 0 unspecified atom stereocenters. The second kappa shape index (κ2) is 14.9. The van der Waals surface area contributed by atoms with Crippen molar-refractivity contribution in [2.24, 2.45) is 5.16 Å². The molecule has 0 aliphatic carbocycles. The molecule has 2 saturated heterocycles. The van der Waals surface area contributed by atoms with E-state index in [4.69, 9.17) is 51.2 Å². The number of benzene rings is 2. The van der Waals surface area contributed by atoms with Crippen LogP contribution in [0.2, 0.25) is 20.1 Å². The van der Waals surface area contributed by atoms with Crippen LogP contribution in [0, 0.1) is 0 Å². The Balaban J connectivity index is 1.48. The molecule has 232 valence electrons. The largest absolute Gasteiger partial charge is 0.399 e. The van der Waals surface area contributed by atoms with Gasteiger partial charge in [0.25, 0.3) is 5.91 Å². The fraction of sp³-hybridized carbons (Fsp3) is 0.467. The predicted molar refractivity (Wildman–Crippen MR) is 170 cm³/mol. The Labute approximate surface area is 272 Å². The first-order valence-corrected chi connectivity index (χ1v) is 15.6. The summed E-state index contributed by atoms with van der Waals surface area (Å²) in [5.74, 6) is -0.653. The molecule has 2 aromatic carbocycles. The van der Waals surface area contributed by atoms with Crippen molar-refractivity contribution in [1.82, 2.24) is 20.0 Å². The number of amides is 3. The van der Waals surface area contributed by atoms with E-state index < -0.39 is 6.04 Å². The average Bonchev–Trinajstić information content (AvgIpc) is 2.96. The minimum absolute atomic E-state index is 0.0307. The Hall–Kier alpha value is -2.56. The highest BCUT2D eigenvalue weighted by molar-refractivity contribution is 6.42. The first-order chi connectivity index (χ1) is 20.5. The topological polar surface area (TPSA) is 94.6 Å². The number of hydrogen-bond acceptors (Lipinski definition) is 6. The summed E-state index contributed by atoms with van der Waals surface area (Å²) in [6, 6.07) is 9.73. The quantitative estimate of drug-likeness (QED) is 0.271. The number of rotatable bonds is 10. The molecule has 4 rings (SSSR count). The van der Waals surface area contributed by atoms with Gasteiger partial charge in [0.15, 0.2) is 0 Å². The maximum atomic E-state index is 13.3. The SMILES string of the molecule is CO/N=C(\CN(C)C(=O)c1cc(Cl)cc(Cl)c1)[C@H](CCN1CCC(N2CC(=O)N[C@H](C)C2=O)CC1)c1ccc(Cl)c(Cl)c1. The fourth-order valence-electron chi connectivity index (χ4n) is 5.69. The molecule has 2 atom stereocenters. The summed E-state index contributed by atoms with van der Waals surface area (Å²) in [6.45, 7) is 4.30. The lowest BCUT2D eigenvalue weighted by Gasteiger charge is -2.41. The molecule has 2 aliphatic heterocycles. The molecule has 2 fully saturated rings. The smallest absolute Gasteiger partial charge is 0.254 e. The van der Waals surface area contributed by atoms with Gasteiger partial charge in [-0.1, -0.05) is 57.6 Å². The number of oxime groups is 1. The van der Waals surface area contributed by atoms with E-state index in [1.807, 2.05) is 12.1 Å². The van der Waals surface area contributed by atoms with Gasteiger partial charge in [-0.15, -0.1) is 0 Å². The summed E-state index contributed by atoms with van der Waals surface area (Å²) in [5, 5.41) is 8.66. The van der Waals surface area contributed by atoms with Crippen molar-refractivity contribution in [3.63, 3.8) is 0 Å². The molecular formula is C30H35Cl4N5O4. The molecule has 2 heterocycles. The van der Waals surface area contributed by atoms with Crippen LogP contribution in [0.15, 0.2) is 41.6 Å². The van der Waals surface area contributed by atoms with Crippen LogP contribution in [0.3, 0.4) is 0 Å². The van der Waals surface area contributed by atoms with E-state index in [-0.39, 0.29) is 42.8 Å². The number of piperidine rings is 1. The second-order valence-corrected chi connectivity index (χ2v) is 12.6. The van der Waals surface area contributed by atoms with Gasteiger partial charge in [-0.25, -0.2) is 0 Å². The van der Waals surface area contributed by atoms with Crippen LogP contribution in [0.5, 0.6) is 0 Å². The van der Waals surface area contributed by atoms with Gasteiger partial charge in [0.1, 0.15) is 13.2 Å².